The SMILES string of the molecule is CC(C)NC(=O)C(Cc1ccccc1)N(Cc1ccccc1F)C(=O)CN(c1ccc(F)cc1)S(=O)(=O)N(C)C. The standard InChI is InChI=1S/C29H34F2N4O4S/c1-21(2)32-29(37)27(18-22-10-6-5-7-11-22)34(19-23-12-8-9-13-26(23)31)28(36)20-35(40(38,39)33(3)4)25-16-14-24(30)15-17-25/h5-17,21,27H,18-20H2,1-4H3,(H,32,37). The summed E-state index contributed by atoms with van der Waals surface area (Å²) < 4.78 is 56.8. The number of nitrogens with zero attached hydrogens (tertiary/aromatic N) is 3. The number of amides is 2. The van der Waals surface area contributed by atoms with Gasteiger partial charge in [-0.2, -0.15) is 12.7 Å². The first-order valence-electron chi connectivity index (χ1n) is 12.7. The van der Waals surface area contributed by atoms with Crippen LogP contribution < -0.4 is 9.62 Å². The fourth-order valence-corrected chi connectivity index (χ4v) is 5.12. The largest absolute Gasteiger partial charge is 0.352 e. The molecule has 0 aliphatic carbocycles. The third-order valence-electron chi connectivity index (χ3n) is 6.13. The van der Waals surface area contributed by atoms with Gasteiger partial charge >= 0.3 is 10.2 Å². The fraction of sp³-hybridized carbons (Fsp3) is 0.310. The number of anilines is 1. The van der Waals surface area contributed by atoms with Gasteiger partial charge in [0.2, 0.25) is 11.8 Å². The van der Waals surface area contributed by atoms with Gasteiger partial charge in [-0.25, -0.2) is 13.1 Å². The minimum absolute atomic E-state index is 0.0560. The lowest BCUT2D eigenvalue weighted by Gasteiger charge is -2.34. The second-order valence-electron chi connectivity index (χ2n) is 9.76. The third kappa shape index (κ3) is 7.86. The summed E-state index contributed by atoms with van der Waals surface area (Å²) in [4.78, 5) is 28.7. The van der Waals surface area contributed by atoms with Crippen LogP contribution in [0.1, 0.15) is 25.0 Å². The summed E-state index contributed by atoms with van der Waals surface area (Å²) in [6, 6.07) is 18.3. The molecule has 0 fully saturated rings. The molecule has 3 aromatic rings. The van der Waals surface area contributed by atoms with E-state index in [0.717, 1.165) is 26.3 Å². The highest BCUT2D eigenvalue weighted by Crippen LogP contribution is 2.22. The van der Waals surface area contributed by atoms with E-state index in [1.54, 1.807) is 32.0 Å². The Bertz CT molecular complexity index is 1400. The third-order valence-corrected chi connectivity index (χ3v) is 7.95. The van der Waals surface area contributed by atoms with E-state index in [1.165, 1.54) is 49.3 Å². The van der Waals surface area contributed by atoms with Gasteiger partial charge < -0.3 is 10.2 Å². The molecule has 0 spiro atoms. The van der Waals surface area contributed by atoms with Crippen LogP contribution in [0, 0.1) is 11.6 Å². The van der Waals surface area contributed by atoms with Crippen molar-refractivity contribution in [1.82, 2.24) is 14.5 Å². The molecule has 8 nitrogen and oxygen atoms in total. The Balaban J connectivity index is 2.10. The van der Waals surface area contributed by atoms with Crippen LogP contribution in [0.4, 0.5) is 14.5 Å². The average Bonchev–Trinajstić information content (AvgIpc) is 2.90. The zero-order valence-corrected chi connectivity index (χ0v) is 23.7. The molecule has 0 saturated heterocycles. The van der Waals surface area contributed by atoms with Gasteiger partial charge in [0.1, 0.15) is 24.2 Å². The van der Waals surface area contributed by atoms with E-state index in [0.29, 0.717) is 0 Å². The number of nitrogens with one attached hydrogen (secondary N) is 1. The van der Waals surface area contributed by atoms with Gasteiger partial charge in [0.05, 0.1) is 5.69 Å². The molecule has 0 aromatic heterocycles. The summed E-state index contributed by atoms with van der Waals surface area (Å²) >= 11 is 0. The van der Waals surface area contributed by atoms with Crippen molar-refractivity contribution in [2.24, 2.45) is 0 Å². The lowest BCUT2D eigenvalue weighted by atomic mass is 10.0. The average molecular weight is 573 g/mol. The number of rotatable bonds is 12. The van der Waals surface area contributed by atoms with Crippen LogP contribution in [0.15, 0.2) is 78.9 Å². The molecule has 0 aliphatic rings. The number of benzene rings is 3. The molecule has 11 heteroatoms. The lowest BCUT2D eigenvalue weighted by molar-refractivity contribution is -0.140. The zero-order chi connectivity index (χ0) is 29.4. The summed E-state index contributed by atoms with van der Waals surface area (Å²) in [6.45, 7) is 2.56. The van der Waals surface area contributed by atoms with Crippen molar-refractivity contribution in [2.75, 3.05) is 24.9 Å². The quantitative estimate of drug-likeness (QED) is 0.358. The number of hydrogen-bond donors (Lipinski definition) is 1. The molecule has 2 amide bonds. The normalized spacial score (nSPS) is 12.3. The molecular weight excluding hydrogens is 538 g/mol. The van der Waals surface area contributed by atoms with Crippen molar-refractivity contribution >= 4 is 27.7 Å². The summed E-state index contributed by atoms with van der Waals surface area (Å²) in [5, 5.41) is 2.83. The van der Waals surface area contributed by atoms with Crippen molar-refractivity contribution in [3.8, 4) is 0 Å². The van der Waals surface area contributed by atoms with E-state index < -0.39 is 46.2 Å². The van der Waals surface area contributed by atoms with E-state index in [9.17, 15) is 26.8 Å². The summed E-state index contributed by atoms with van der Waals surface area (Å²) in [5.41, 5.74) is 0.977. The Morgan fingerprint density at radius 1 is 0.875 bits per heavy atom. The first-order chi connectivity index (χ1) is 18.9. The van der Waals surface area contributed by atoms with Gasteiger partial charge in [0, 0.05) is 38.7 Å². The maximum absolute atomic E-state index is 14.8. The number of halogens is 2. The van der Waals surface area contributed by atoms with Gasteiger partial charge in [-0.3, -0.25) is 9.59 Å². The summed E-state index contributed by atoms with van der Waals surface area (Å²) in [7, 11) is -1.60. The highest BCUT2D eigenvalue weighted by molar-refractivity contribution is 7.90. The zero-order valence-electron chi connectivity index (χ0n) is 22.9. The van der Waals surface area contributed by atoms with Crippen LogP contribution in [0.2, 0.25) is 0 Å². The molecule has 0 heterocycles. The summed E-state index contributed by atoms with van der Waals surface area (Å²) in [5.74, 6) is -2.35. The Morgan fingerprint density at radius 2 is 1.48 bits per heavy atom. The fourth-order valence-electron chi connectivity index (χ4n) is 4.07. The van der Waals surface area contributed by atoms with Crippen molar-refractivity contribution in [2.45, 2.75) is 38.9 Å². The topological polar surface area (TPSA) is 90.0 Å². The highest BCUT2D eigenvalue weighted by atomic mass is 32.2. The number of carbonyl (C=O) groups excluding carboxylic acids is 2. The van der Waals surface area contributed by atoms with E-state index in [4.69, 9.17) is 0 Å². The van der Waals surface area contributed by atoms with Crippen molar-refractivity contribution in [3.63, 3.8) is 0 Å². The molecule has 1 N–H and O–H groups in total. The van der Waals surface area contributed by atoms with Crippen molar-refractivity contribution < 1.29 is 26.8 Å². The molecule has 3 aromatic carbocycles. The molecule has 1 atom stereocenters. The first-order valence-corrected chi connectivity index (χ1v) is 14.1. The molecule has 0 radical (unpaired) electrons. The Hall–Kier alpha value is -3.83. The smallest absolute Gasteiger partial charge is 0.304 e. The van der Waals surface area contributed by atoms with Crippen LogP contribution in [0.25, 0.3) is 0 Å². The highest BCUT2D eigenvalue weighted by Gasteiger charge is 2.35. The molecule has 1 unspecified atom stereocenters. The summed E-state index contributed by atoms with van der Waals surface area (Å²) in [6.07, 6.45) is 0.108. The molecule has 0 aliphatic heterocycles. The number of hydrogen-bond acceptors (Lipinski definition) is 4. The predicted molar refractivity (Wildman–Crippen MR) is 151 cm³/mol. The number of carbonyl (C=O) groups is 2. The van der Waals surface area contributed by atoms with Crippen LogP contribution in [-0.4, -0.2) is 62.2 Å². The second kappa shape index (κ2) is 13.5. The van der Waals surface area contributed by atoms with Crippen molar-refractivity contribution in [3.05, 3.63) is 102 Å². The molecule has 0 saturated carbocycles. The predicted octanol–water partition coefficient (Wildman–Crippen LogP) is 3.74. The van der Waals surface area contributed by atoms with Gasteiger partial charge in [-0.05, 0) is 49.7 Å². The molecular formula is C29H34F2N4O4S. The second-order valence-corrected chi connectivity index (χ2v) is 11.8. The molecule has 214 valence electrons. The van der Waals surface area contributed by atoms with E-state index in [-0.39, 0.29) is 30.3 Å². The van der Waals surface area contributed by atoms with Gasteiger partial charge in [0.25, 0.3) is 0 Å². The van der Waals surface area contributed by atoms with Crippen molar-refractivity contribution in [1.29, 1.82) is 0 Å². The van der Waals surface area contributed by atoms with Gasteiger partial charge in [0.15, 0.2) is 0 Å². The lowest BCUT2D eigenvalue weighted by Crippen LogP contribution is -2.55. The first kappa shape index (κ1) is 30.7. The maximum atomic E-state index is 14.8. The molecule has 3 rings (SSSR count). The Morgan fingerprint density at radius 3 is 2.05 bits per heavy atom. The minimum atomic E-state index is -4.22. The van der Waals surface area contributed by atoms with E-state index >= 15 is 0 Å². The van der Waals surface area contributed by atoms with E-state index in [2.05, 4.69) is 5.32 Å². The molecule has 0 bridgehead atoms. The Kier molecular flexibility index (Phi) is 10.4. The molecule has 40 heavy (non-hydrogen) atoms. The van der Waals surface area contributed by atoms with Crippen LogP contribution in [0.5, 0.6) is 0 Å². The Labute approximate surface area is 234 Å². The van der Waals surface area contributed by atoms with E-state index in [1.807, 2.05) is 18.2 Å². The minimum Gasteiger partial charge on any atom is -0.352 e. The van der Waals surface area contributed by atoms with Crippen LogP contribution >= 0.6 is 0 Å². The van der Waals surface area contributed by atoms with Gasteiger partial charge in [-0.15, -0.1) is 0 Å². The van der Waals surface area contributed by atoms with Gasteiger partial charge in [-0.1, -0.05) is 48.5 Å². The monoisotopic (exact) mass is 572 g/mol. The van der Waals surface area contributed by atoms with Crippen LogP contribution in [-0.2, 0) is 32.8 Å². The maximum Gasteiger partial charge on any atom is 0.304 e. The van der Waals surface area contributed by atoms with Crippen LogP contribution in [0.3, 0.4) is 0 Å².